The third-order valence-electron chi connectivity index (χ3n) is 5.25. The number of amides is 2. The van der Waals surface area contributed by atoms with Gasteiger partial charge in [0.1, 0.15) is 6.54 Å². The summed E-state index contributed by atoms with van der Waals surface area (Å²) in [7, 11) is 1.55. The Balaban J connectivity index is 1.73. The number of benzene rings is 2. The molecule has 10 heteroatoms. The van der Waals surface area contributed by atoms with Crippen LogP contribution in [0.4, 0.5) is 18.9 Å². The first-order chi connectivity index (χ1) is 15.7. The standard InChI is InChI=1S/C23H19BrF3N3O3/c1-33-7-6-28-21(31)12-30-11-13(17-10-15(24)3-5-20(17)30)8-18-16-4-2-14(23(25,26)27)9-19(16)29-22(18)32/h2-5,8-11H,6-7,12H2,1H3,(H,28,31)(H,29,32)/b18-8+. The van der Waals surface area contributed by atoms with Gasteiger partial charge in [0.2, 0.25) is 5.91 Å². The number of ether oxygens (including phenoxy) is 1. The van der Waals surface area contributed by atoms with Crippen molar-refractivity contribution >= 4 is 56.0 Å². The molecule has 1 aromatic heterocycles. The van der Waals surface area contributed by atoms with Gasteiger partial charge in [-0.25, -0.2) is 0 Å². The van der Waals surface area contributed by atoms with E-state index < -0.39 is 17.6 Å². The van der Waals surface area contributed by atoms with Crippen LogP contribution in [-0.2, 0) is 27.0 Å². The van der Waals surface area contributed by atoms with Crippen LogP contribution in [0.1, 0.15) is 16.7 Å². The molecule has 2 N–H and O–H groups in total. The Morgan fingerprint density at radius 1 is 1.24 bits per heavy atom. The van der Waals surface area contributed by atoms with Gasteiger partial charge in [-0.1, -0.05) is 22.0 Å². The molecule has 0 unspecified atom stereocenters. The smallest absolute Gasteiger partial charge is 0.383 e. The summed E-state index contributed by atoms with van der Waals surface area (Å²) in [5.74, 6) is -0.688. The van der Waals surface area contributed by atoms with E-state index in [0.717, 1.165) is 27.5 Å². The molecular weight excluding hydrogens is 503 g/mol. The van der Waals surface area contributed by atoms with E-state index in [0.29, 0.717) is 24.3 Å². The summed E-state index contributed by atoms with van der Waals surface area (Å²) in [6.45, 7) is 0.837. The summed E-state index contributed by atoms with van der Waals surface area (Å²) in [4.78, 5) is 24.9. The second-order valence-corrected chi connectivity index (χ2v) is 8.40. The molecule has 2 heterocycles. The molecule has 2 aromatic carbocycles. The van der Waals surface area contributed by atoms with E-state index in [9.17, 15) is 22.8 Å². The maximum absolute atomic E-state index is 13.0. The molecule has 1 aliphatic rings. The van der Waals surface area contributed by atoms with Crippen molar-refractivity contribution in [3.05, 3.63) is 63.8 Å². The number of halogens is 4. The van der Waals surface area contributed by atoms with Gasteiger partial charge in [-0.05, 0) is 36.4 Å². The summed E-state index contributed by atoms with van der Waals surface area (Å²) in [6, 6.07) is 8.73. The maximum Gasteiger partial charge on any atom is 0.416 e. The topological polar surface area (TPSA) is 72.4 Å². The van der Waals surface area contributed by atoms with Gasteiger partial charge in [-0.2, -0.15) is 13.2 Å². The molecule has 33 heavy (non-hydrogen) atoms. The van der Waals surface area contributed by atoms with Crippen molar-refractivity contribution in [1.82, 2.24) is 9.88 Å². The number of methoxy groups -OCH3 is 1. The molecule has 0 fully saturated rings. The highest BCUT2D eigenvalue weighted by Crippen LogP contribution is 2.39. The van der Waals surface area contributed by atoms with Crippen molar-refractivity contribution in [2.75, 3.05) is 25.6 Å². The Morgan fingerprint density at radius 2 is 2.03 bits per heavy atom. The first-order valence-corrected chi connectivity index (χ1v) is 10.8. The van der Waals surface area contributed by atoms with Crippen LogP contribution < -0.4 is 10.6 Å². The number of carbonyl (C=O) groups excluding carboxylic acids is 2. The molecule has 6 nitrogen and oxygen atoms in total. The maximum atomic E-state index is 13.0. The van der Waals surface area contributed by atoms with Crippen molar-refractivity contribution in [2.24, 2.45) is 0 Å². The molecule has 1 aliphatic heterocycles. The second-order valence-electron chi connectivity index (χ2n) is 7.49. The van der Waals surface area contributed by atoms with Gasteiger partial charge >= 0.3 is 6.18 Å². The Kier molecular flexibility index (Phi) is 6.31. The van der Waals surface area contributed by atoms with Crippen molar-refractivity contribution in [1.29, 1.82) is 0 Å². The lowest BCUT2D eigenvalue weighted by atomic mass is 10.0. The zero-order valence-electron chi connectivity index (χ0n) is 17.4. The molecule has 0 saturated carbocycles. The van der Waals surface area contributed by atoms with Crippen LogP contribution in [0.2, 0.25) is 0 Å². The van der Waals surface area contributed by atoms with E-state index >= 15 is 0 Å². The lowest BCUT2D eigenvalue weighted by Crippen LogP contribution is -2.30. The third-order valence-corrected chi connectivity index (χ3v) is 5.74. The molecule has 2 amide bonds. The third kappa shape index (κ3) is 4.81. The van der Waals surface area contributed by atoms with Crippen molar-refractivity contribution in [2.45, 2.75) is 12.7 Å². The van der Waals surface area contributed by atoms with Crippen LogP contribution in [-0.4, -0.2) is 36.6 Å². The van der Waals surface area contributed by atoms with Gasteiger partial charge in [-0.15, -0.1) is 0 Å². The predicted molar refractivity (Wildman–Crippen MR) is 122 cm³/mol. The molecule has 0 radical (unpaired) electrons. The molecule has 0 aliphatic carbocycles. The molecule has 172 valence electrons. The van der Waals surface area contributed by atoms with Crippen LogP contribution in [0.25, 0.3) is 22.6 Å². The molecule has 0 bridgehead atoms. The first kappa shape index (κ1) is 23.1. The van der Waals surface area contributed by atoms with Crippen LogP contribution in [0.3, 0.4) is 0 Å². The summed E-state index contributed by atoms with van der Waals surface area (Å²) in [5, 5.41) is 6.06. The van der Waals surface area contributed by atoms with Crippen molar-refractivity contribution in [3.63, 3.8) is 0 Å². The molecule has 0 saturated heterocycles. The molecule has 0 spiro atoms. The number of carbonyl (C=O) groups is 2. The van der Waals surface area contributed by atoms with E-state index in [1.54, 1.807) is 23.9 Å². The average molecular weight is 522 g/mol. The van der Waals surface area contributed by atoms with Gasteiger partial charge in [0.15, 0.2) is 0 Å². The highest BCUT2D eigenvalue weighted by molar-refractivity contribution is 9.10. The lowest BCUT2D eigenvalue weighted by Gasteiger charge is -2.08. The SMILES string of the molecule is COCCNC(=O)Cn1cc(/C=C2/C(=O)Nc3cc(C(F)(F)F)ccc32)c2cc(Br)ccc21. The number of rotatable bonds is 6. The number of alkyl halides is 3. The Hall–Kier alpha value is -3.11. The number of nitrogens with one attached hydrogen (secondary N) is 2. The number of hydrogen-bond acceptors (Lipinski definition) is 3. The minimum absolute atomic E-state index is 0.0583. The fraction of sp³-hybridized carbons (Fsp3) is 0.217. The van der Waals surface area contributed by atoms with Gasteiger partial charge in [0.05, 0.1) is 12.2 Å². The summed E-state index contributed by atoms with van der Waals surface area (Å²) in [5.41, 5.74) is 1.36. The first-order valence-electron chi connectivity index (χ1n) is 9.96. The zero-order chi connectivity index (χ0) is 23.8. The van der Waals surface area contributed by atoms with E-state index in [1.807, 2.05) is 18.2 Å². The minimum atomic E-state index is -4.50. The number of aromatic nitrogens is 1. The van der Waals surface area contributed by atoms with Crippen LogP contribution >= 0.6 is 15.9 Å². The van der Waals surface area contributed by atoms with Crippen LogP contribution in [0.5, 0.6) is 0 Å². The van der Waals surface area contributed by atoms with E-state index in [1.165, 1.54) is 6.07 Å². The quantitative estimate of drug-likeness (QED) is 0.365. The monoisotopic (exact) mass is 521 g/mol. The van der Waals surface area contributed by atoms with Crippen molar-refractivity contribution < 1.29 is 27.5 Å². The fourth-order valence-electron chi connectivity index (χ4n) is 3.72. The Morgan fingerprint density at radius 3 is 2.76 bits per heavy atom. The summed E-state index contributed by atoms with van der Waals surface area (Å²) >= 11 is 3.44. The predicted octanol–water partition coefficient (Wildman–Crippen LogP) is 4.68. The summed E-state index contributed by atoms with van der Waals surface area (Å²) in [6.07, 6.45) is -1.13. The summed E-state index contributed by atoms with van der Waals surface area (Å²) < 4.78 is 46.6. The Labute approximate surface area is 195 Å². The lowest BCUT2D eigenvalue weighted by molar-refractivity contribution is -0.137. The average Bonchev–Trinajstić information content (AvgIpc) is 3.24. The molecule has 4 rings (SSSR count). The van der Waals surface area contributed by atoms with Gasteiger partial charge in [0, 0.05) is 57.6 Å². The van der Waals surface area contributed by atoms with E-state index in [2.05, 4.69) is 26.6 Å². The molecule has 0 atom stereocenters. The number of nitrogens with zero attached hydrogens (tertiary/aromatic N) is 1. The number of hydrogen-bond donors (Lipinski definition) is 2. The van der Waals surface area contributed by atoms with Gasteiger partial charge in [0.25, 0.3) is 5.91 Å². The zero-order valence-corrected chi connectivity index (χ0v) is 19.0. The molecular formula is C23H19BrF3N3O3. The van der Waals surface area contributed by atoms with Crippen LogP contribution in [0, 0.1) is 0 Å². The second kappa shape index (κ2) is 9.03. The van der Waals surface area contributed by atoms with E-state index in [-0.39, 0.29) is 23.7 Å². The highest BCUT2D eigenvalue weighted by atomic mass is 79.9. The normalized spacial score (nSPS) is 14.6. The Bertz CT molecular complexity index is 1280. The van der Waals surface area contributed by atoms with Gasteiger partial charge in [-0.3, -0.25) is 9.59 Å². The fourth-order valence-corrected chi connectivity index (χ4v) is 4.08. The molecule has 3 aromatic rings. The van der Waals surface area contributed by atoms with Crippen LogP contribution in [0.15, 0.2) is 47.1 Å². The highest BCUT2D eigenvalue weighted by Gasteiger charge is 2.33. The number of fused-ring (bicyclic) bond motifs is 2. The minimum Gasteiger partial charge on any atom is -0.383 e. The largest absolute Gasteiger partial charge is 0.416 e. The van der Waals surface area contributed by atoms with Crippen molar-refractivity contribution in [3.8, 4) is 0 Å². The van der Waals surface area contributed by atoms with Gasteiger partial charge < -0.3 is 19.9 Å². The van der Waals surface area contributed by atoms with E-state index in [4.69, 9.17) is 4.74 Å². The number of anilines is 1.